The van der Waals surface area contributed by atoms with Crippen LogP contribution in [0.25, 0.3) is 0 Å². The van der Waals surface area contributed by atoms with E-state index in [4.69, 9.17) is 4.74 Å². The smallest absolute Gasteiger partial charge is 0.407 e. The first kappa shape index (κ1) is 14.3. The van der Waals surface area contributed by atoms with Crippen molar-refractivity contribution in [1.29, 1.82) is 0 Å². The molecule has 0 aromatic rings. The van der Waals surface area contributed by atoms with E-state index in [1.54, 1.807) is 0 Å². The van der Waals surface area contributed by atoms with E-state index in [0.717, 1.165) is 12.8 Å². The number of alkyl carbamates (subject to hydrolysis) is 1. The fraction of sp³-hybridized carbons (Fsp3) is 0.923. The van der Waals surface area contributed by atoms with E-state index in [1.807, 2.05) is 20.8 Å². The average Bonchev–Trinajstić information content (AvgIpc) is 2.24. The van der Waals surface area contributed by atoms with Gasteiger partial charge in [-0.05, 0) is 45.4 Å². The van der Waals surface area contributed by atoms with Crippen LogP contribution in [0.4, 0.5) is 4.79 Å². The number of carbonyl (C=O) groups excluding carboxylic acids is 1. The number of rotatable bonds is 3. The Morgan fingerprint density at radius 1 is 1.29 bits per heavy atom. The summed E-state index contributed by atoms with van der Waals surface area (Å²) in [7, 11) is 0. The van der Waals surface area contributed by atoms with Crippen LogP contribution in [-0.4, -0.2) is 30.0 Å². The highest BCUT2D eigenvalue weighted by Crippen LogP contribution is 2.29. The number of aliphatic hydroxyl groups excluding tert-OH is 1. The third-order valence-electron chi connectivity index (χ3n) is 3.21. The highest BCUT2D eigenvalue weighted by Gasteiger charge is 2.25. The largest absolute Gasteiger partial charge is 0.444 e. The van der Waals surface area contributed by atoms with Crippen molar-refractivity contribution in [3.8, 4) is 0 Å². The molecule has 0 aliphatic heterocycles. The van der Waals surface area contributed by atoms with Crippen molar-refractivity contribution in [2.45, 2.75) is 52.1 Å². The number of carbonyl (C=O) groups is 1. The van der Waals surface area contributed by atoms with Crippen LogP contribution in [0, 0.1) is 11.8 Å². The van der Waals surface area contributed by atoms with Crippen LogP contribution < -0.4 is 5.32 Å². The summed E-state index contributed by atoms with van der Waals surface area (Å²) in [6.07, 6.45) is 4.17. The van der Waals surface area contributed by atoms with Gasteiger partial charge in [-0.25, -0.2) is 4.79 Å². The van der Waals surface area contributed by atoms with E-state index in [0.29, 0.717) is 18.4 Å². The highest BCUT2D eigenvalue weighted by atomic mass is 16.6. The Hall–Kier alpha value is -0.770. The molecule has 0 aromatic heterocycles. The lowest BCUT2D eigenvalue weighted by molar-refractivity contribution is 0.0493. The Bertz CT molecular complexity index is 248. The second kappa shape index (κ2) is 6.24. The molecule has 2 unspecified atom stereocenters. The predicted octanol–water partition coefficient (Wildman–Crippen LogP) is 2.31. The van der Waals surface area contributed by atoms with Crippen LogP contribution in [0.5, 0.6) is 0 Å². The van der Waals surface area contributed by atoms with Gasteiger partial charge in [0.15, 0.2) is 0 Å². The molecular formula is C13H25NO3. The van der Waals surface area contributed by atoms with Crippen LogP contribution in [-0.2, 0) is 4.74 Å². The van der Waals surface area contributed by atoms with Gasteiger partial charge < -0.3 is 15.2 Å². The van der Waals surface area contributed by atoms with Crippen LogP contribution in [0.1, 0.15) is 46.5 Å². The highest BCUT2D eigenvalue weighted by molar-refractivity contribution is 5.67. The van der Waals surface area contributed by atoms with Gasteiger partial charge in [0.2, 0.25) is 0 Å². The minimum Gasteiger partial charge on any atom is -0.444 e. The zero-order valence-corrected chi connectivity index (χ0v) is 11.2. The fourth-order valence-corrected chi connectivity index (χ4v) is 2.32. The van der Waals surface area contributed by atoms with Gasteiger partial charge in [0.05, 0.1) is 0 Å². The summed E-state index contributed by atoms with van der Waals surface area (Å²) < 4.78 is 5.19. The van der Waals surface area contributed by atoms with Gasteiger partial charge in [-0.1, -0.05) is 12.8 Å². The quantitative estimate of drug-likeness (QED) is 0.799. The van der Waals surface area contributed by atoms with E-state index < -0.39 is 5.60 Å². The van der Waals surface area contributed by atoms with Crippen molar-refractivity contribution in [2.75, 3.05) is 13.2 Å². The maximum Gasteiger partial charge on any atom is 0.407 e. The number of ether oxygens (including phenoxy) is 1. The molecule has 4 nitrogen and oxygen atoms in total. The molecule has 0 heterocycles. The summed E-state index contributed by atoms with van der Waals surface area (Å²) in [4.78, 5) is 11.5. The Kier molecular flexibility index (Phi) is 5.25. The number of amides is 1. The first-order valence-corrected chi connectivity index (χ1v) is 6.50. The lowest BCUT2D eigenvalue weighted by Gasteiger charge is -2.30. The molecule has 1 saturated carbocycles. The molecule has 1 amide bonds. The van der Waals surface area contributed by atoms with Crippen LogP contribution in [0.15, 0.2) is 0 Å². The van der Waals surface area contributed by atoms with E-state index in [9.17, 15) is 9.90 Å². The molecule has 1 rings (SSSR count). The third kappa shape index (κ3) is 5.39. The molecule has 0 saturated heterocycles. The van der Waals surface area contributed by atoms with Gasteiger partial charge in [0.1, 0.15) is 5.60 Å². The van der Waals surface area contributed by atoms with Crippen molar-refractivity contribution in [3.63, 3.8) is 0 Å². The van der Waals surface area contributed by atoms with Crippen molar-refractivity contribution in [2.24, 2.45) is 11.8 Å². The van der Waals surface area contributed by atoms with E-state index >= 15 is 0 Å². The maximum absolute atomic E-state index is 11.5. The number of nitrogens with one attached hydrogen (secondary N) is 1. The molecule has 1 fully saturated rings. The normalized spacial score (nSPS) is 25.4. The van der Waals surface area contributed by atoms with Crippen LogP contribution >= 0.6 is 0 Å². The van der Waals surface area contributed by atoms with E-state index in [-0.39, 0.29) is 12.7 Å². The molecule has 1 aliphatic carbocycles. The fourth-order valence-electron chi connectivity index (χ4n) is 2.32. The lowest BCUT2D eigenvalue weighted by atomic mass is 9.80. The maximum atomic E-state index is 11.5. The molecule has 2 atom stereocenters. The van der Waals surface area contributed by atoms with Gasteiger partial charge >= 0.3 is 6.09 Å². The van der Waals surface area contributed by atoms with Gasteiger partial charge in [-0.2, -0.15) is 0 Å². The van der Waals surface area contributed by atoms with E-state index in [2.05, 4.69) is 5.32 Å². The van der Waals surface area contributed by atoms with Crippen molar-refractivity contribution >= 4 is 6.09 Å². The zero-order chi connectivity index (χ0) is 12.9. The third-order valence-corrected chi connectivity index (χ3v) is 3.21. The molecule has 17 heavy (non-hydrogen) atoms. The van der Waals surface area contributed by atoms with E-state index in [1.165, 1.54) is 12.8 Å². The SMILES string of the molecule is CC(C)(C)OC(=O)NCC1CCCCC1CO. The molecule has 0 aromatic carbocycles. The molecule has 2 N–H and O–H groups in total. The molecule has 0 bridgehead atoms. The number of aliphatic hydroxyl groups is 1. The Balaban J connectivity index is 2.31. The first-order chi connectivity index (χ1) is 7.92. The molecule has 1 aliphatic rings. The molecular weight excluding hydrogens is 218 g/mol. The van der Waals surface area contributed by atoms with Gasteiger partial charge in [0.25, 0.3) is 0 Å². The van der Waals surface area contributed by atoms with Gasteiger partial charge in [-0.15, -0.1) is 0 Å². The van der Waals surface area contributed by atoms with Gasteiger partial charge in [-0.3, -0.25) is 0 Å². The topological polar surface area (TPSA) is 58.6 Å². The zero-order valence-electron chi connectivity index (χ0n) is 11.2. The summed E-state index contributed by atoms with van der Waals surface area (Å²) in [5, 5.41) is 12.1. The predicted molar refractivity (Wildman–Crippen MR) is 66.8 cm³/mol. The minimum absolute atomic E-state index is 0.223. The Morgan fingerprint density at radius 3 is 2.41 bits per heavy atom. The number of hydrogen-bond acceptors (Lipinski definition) is 3. The van der Waals surface area contributed by atoms with Crippen LogP contribution in [0.3, 0.4) is 0 Å². The monoisotopic (exact) mass is 243 g/mol. The average molecular weight is 243 g/mol. The summed E-state index contributed by atoms with van der Waals surface area (Å²) in [5.74, 6) is 0.722. The second-order valence-electron chi connectivity index (χ2n) is 5.87. The van der Waals surface area contributed by atoms with Crippen molar-refractivity contribution < 1.29 is 14.6 Å². The van der Waals surface area contributed by atoms with Gasteiger partial charge in [0, 0.05) is 13.2 Å². The number of hydrogen-bond donors (Lipinski definition) is 2. The molecule has 0 spiro atoms. The van der Waals surface area contributed by atoms with Crippen LogP contribution in [0.2, 0.25) is 0 Å². The first-order valence-electron chi connectivity index (χ1n) is 6.50. The Morgan fingerprint density at radius 2 is 1.88 bits per heavy atom. The molecule has 100 valence electrons. The van der Waals surface area contributed by atoms with Crippen molar-refractivity contribution in [1.82, 2.24) is 5.32 Å². The molecule has 0 radical (unpaired) electrons. The minimum atomic E-state index is -0.451. The van der Waals surface area contributed by atoms with Crippen molar-refractivity contribution in [3.05, 3.63) is 0 Å². The summed E-state index contributed by atoms with van der Waals surface area (Å²) >= 11 is 0. The second-order valence-corrected chi connectivity index (χ2v) is 5.87. The summed E-state index contributed by atoms with van der Waals surface area (Å²) in [6.45, 7) is 6.39. The Labute approximate surface area is 104 Å². The summed E-state index contributed by atoms with van der Waals surface area (Å²) in [6, 6.07) is 0. The lowest BCUT2D eigenvalue weighted by Crippen LogP contribution is -2.38. The summed E-state index contributed by atoms with van der Waals surface area (Å²) in [5.41, 5.74) is -0.451. The standard InChI is InChI=1S/C13H25NO3/c1-13(2,3)17-12(16)14-8-10-6-4-5-7-11(10)9-15/h10-11,15H,4-9H2,1-3H3,(H,14,16). The molecule has 4 heteroatoms.